The first kappa shape index (κ1) is 17.2. The van der Waals surface area contributed by atoms with Crippen molar-refractivity contribution >= 4 is 0 Å². The molecule has 0 N–H and O–H groups in total. The Hall–Kier alpha value is -0.157. The molecule has 110 valence electrons. The molecule has 1 heteroatoms. The molecule has 0 saturated heterocycles. The van der Waals surface area contributed by atoms with E-state index >= 15 is 0 Å². The molecule has 21 heavy (non-hydrogen) atoms. The monoisotopic (exact) mass is 356 g/mol. The van der Waals surface area contributed by atoms with Crippen LogP contribution in [0.25, 0.3) is 0 Å². The van der Waals surface area contributed by atoms with E-state index in [1.807, 2.05) is 0 Å². The molecule has 0 aromatic heterocycles. The van der Waals surface area contributed by atoms with Crippen molar-refractivity contribution in [2.45, 2.75) is 64.2 Å². The van der Waals surface area contributed by atoms with Gasteiger partial charge in [-0.25, -0.2) is 23.3 Å². The van der Waals surface area contributed by atoms with Gasteiger partial charge in [0.15, 0.2) is 0 Å². The van der Waals surface area contributed by atoms with Crippen LogP contribution in [0.1, 0.15) is 64.2 Å². The zero-order valence-corrected chi connectivity index (χ0v) is 15.5. The topological polar surface area (TPSA) is 0 Å². The Labute approximate surface area is 149 Å². The molecule has 2 fully saturated rings. The molecule has 0 aromatic carbocycles. The van der Waals surface area contributed by atoms with E-state index < -0.39 is 0 Å². The maximum Gasteiger partial charge on any atom is 2.00 e. The second-order valence-electron chi connectivity index (χ2n) is 6.44. The first-order valence-corrected chi connectivity index (χ1v) is 8.48. The van der Waals surface area contributed by atoms with Gasteiger partial charge < -0.3 is 0 Å². The van der Waals surface area contributed by atoms with Crippen molar-refractivity contribution < 1.29 is 26.2 Å². The maximum absolute atomic E-state index is 3.40. The summed E-state index contributed by atoms with van der Waals surface area (Å²) in [5, 5.41) is 0. The minimum atomic E-state index is 0. The number of hydrogen-bond donors (Lipinski definition) is 0. The summed E-state index contributed by atoms with van der Waals surface area (Å²) >= 11 is 0. The van der Waals surface area contributed by atoms with Gasteiger partial charge in [-0.15, -0.1) is 12.8 Å². The molecule has 4 rings (SSSR count). The van der Waals surface area contributed by atoms with Crippen molar-refractivity contribution in [3.8, 4) is 0 Å². The third-order valence-electron chi connectivity index (χ3n) is 5.03. The van der Waals surface area contributed by atoms with Crippen molar-refractivity contribution in [2.24, 2.45) is 11.8 Å². The second-order valence-corrected chi connectivity index (χ2v) is 6.44. The van der Waals surface area contributed by atoms with Gasteiger partial charge in [0.25, 0.3) is 0 Å². The zero-order chi connectivity index (χ0) is 13.6. The van der Waals surface area contributed by atoms with E-state index in [0.717, 1.165) is 24.7 Å². The Morgan fingerprint density at radius 3 is 1.33 bits per heavy atom. The molecular formula is C20H26Zr. The molecule has 0 spiro atoms. The summed E-state index contributed by atoms with van der Waals surface area (Å²) < 4.78 is 0. The van der Waals surface area contributed by atoms with Gasteiger partial charge in [-0.2, -0.15) is 12.2 Å². The van der Waals surface area contributed by atoms with E-state index in [-0.39, 0.29) is 26.2 Å². The van der Waals surface area contributed by atoms with Crippen molar-refractivity contribution in [3.63, 3.8) is 0 Å². The molecule has 0 amide bonds. The average Bonchev–Trinajstić information content (AvgIpc) is 3.29. The number of rotatable bonds is 2. The SMILES string of the molecule is [C-]1=C(C2CCCC2)C=CC1.[C-]1=C(C2CCCC2)C=CC1.[Zr+2]. The third-order valence-corrected chi connectivity index (χ3v) is 5.03. The predicted octanol–water partition coefficient (Wildman–Crippen LogP) is 5.73. The second kappa shape index (κ2) is 9.09. The molecule has 0 radical (unpaired) electrons. The van der Waals surface area contributed by atoms with Crippen LogP contribution in [0.3, 0.4) is 0 Å². The van der Waals surface area contributed by atoms with Crippen LogP contribution in [-0.2, 0) is 26.2 Å². The van der Waals surface area contributed by atoms with E-state index in [2.05, 4.69) is 36.5 Å². The van der Waals surface area contributed by atoms with Gasteiger partial charge in [-0.3, -0.25) is 12.2 Å². The van der Waals surface area contributed by atoms with Crippen LogP contribution in [0.2, 0.25) is 0 Å². The van der Waals surface area contributed by atoms with Gasteiger partial charge in [0, 0.05) is 0 Å². The van der Waals surface area contributed by atoms with Crippen LogP contribution in [0.5, 0.6) is 0 Å². The third kappa shape index (κ3) is 4.92. The molecular weight excluding hydrogens is 331 g/mol. The fourth-order valence-electron chi connectivity index (χ4n) is 3.88. The van der Waals surface area contributed by atoms with Gasteiger partial charge in [0.1, 0.15) is 0 Å². The zero-order valence-electron chi connectivity index (χ0n) is 13.0. The van der Waals surface area contributed by atoms with Gasteiger partial charge in [0.05, 0.1) is 0 Å². The quantitative estimate of drug-likeness (QED) is 0.554. The fraction of sp³-hybridized carbons (Fsp3) is 0.600. The predicted molar refractivity (Wildman–Crippen MR) is 84.9 cm³/mol. The van der Waals surface area contributed by atoms with E-state index in [0.29, 0.717) is 0 Å². The maximum atomic E-state index is 3.40. The summed E-state index contributed by atoms with van der Waals surface area (Å²) in [5.74, 6) is 1.75. The van der Waals surface area contributed by atoms with Crippen LogP contribution in [0.15, 0.2) is 35.5 Å². The van der Waals surface area contributed by atoms with Crippen LogP contribution < -0.4 is 0 Å². The van der Waals surface area contributed by atoms with Crippen molar-refractivity contribution in [2.75, 3.05) is 0 Å². The van der Waals surface area contributed by atoms with E-state index in [4.69, 9.17) is 0 Å². The molecule has 0 bridgehead atoms. The first-order valence-electron chi connectivity index (χ1n) is 8.48. The minimum absolute atomic E-state index is 0. The van der Waals surface area contributed by atoms with E-state index in [9.17, 15) is 0 Å². The summed E-state index contributed by atoms with van der Waals surface area (Å²) in [6.07, 6.45) is 29.3. The molecule has 4 aliphatic rings. The summed E-state index contributed by atoms with van der Waals surface area (Å²) in [7, 11) is 0. The Kier molecular flexibility index (Phi) is 7.44. The molecule has 0 atom stereocenters. The number of hydrogen-bond acceptors (Lipinski definition) is 0. The van der Waals surface area contributed by atoms with Gasteiger partial charge in [0.2, 0.25) is 0 Å². The Morgan fingerprint density at radius 2 is 1.05 bits per heavy atom. The Balaban J connectivity index is 0.000000147. The first-order chi connectivity index (χ1) is 9.93. The Morgan fingerprint density at radius 1 is 0.667 bits per heavy atom. The summed E-state index contributed by atoms with van der Waals surface area (Å²) in [4.78, 5) is 0. The average molecular weight is 358 g/mol. The van der Waals surface area contributed by atoms with Crippen LogP contribution >= 0.6 is 0 Å². The summed E-state index contributed by atoms with van der Waals surface area (Å²) in [5.41, 5.74) is 3.00. The van der Waals surface area contributed by atoms with Gasteiger partial charge in [-0.1, -0.05) is 25.7 Å². The van der Waals surface area contributed by atoms with Crippen molar-refractivity contribution in [3.05, 3.63) is 47.6 Å². The van der Waals surface area contributed by atoms with Gasteiger partial charge >= 0.3 is 26.2 Å². The summed E-state index contributed by atoms with van der Waals surface area (Å²) in [6, 6.07) is 0. The fourth-order valence-corrected chi connectivity index (χ4v) is 3.88. The molecule has 0 heterocycles. The molecule has 0 aliphatic heterocycles. The standard InChI is InChI=1S/2C10H13.Zr/c2*1-2-6-9(5-1)10-7-3-4-8-10;/h2*1,5,10H,2-4,7-8H2;/q2*-1;+2. The van der Waals surface area contributed by atoms with E-state index in [1.165, 1.54) is 62.5 Å². The molecule has 0 nitrogen and oxygen atoms in total. The summed E-state index contributed by atoms with van der Waals surface area (Å²) in [6.45, 7) is 0. The smallest absolute Gasteiger partial charge is 0.269 e. The minimum Gasteiger partial charge on any atom is -0.269 e. The van der Waals surface area contributed by atoms with E-state index in [1.54, 1.807) is 0 Å². The van der Waals surface area contributed by atoms with Crippen molar-refractivity contribution in [1.29, 1.82) is 0 Å². The normalized spacial score (nSPS) is 24.6. The molecule has 0 unspecified atom stereocenters. The van der Waals surface area contributed by atoms with Crippen LogP contribution in [0, 0.1) is 24.0 Å². The van der Waals surface area contributed by atoms with Crippen molar-refractivity contribution in [1.82, 2.24) is 0 Å². The van der Waals surface area contributed by atoms with Crippen LogP contribution in [-0.4, -0.2) is 0 Å². The number of allylic oxidation sites excluding steroid dienone is 8. The molecule has 2 saturated carbocycles. The van der Waals surface area contributed by atoms with Crippen LogP contribution in [0.4, 0.5) is 0 Å². The largest absolute Gasteiger partial charge is 2.00 e. The van der Waals surface area contributed by atoms with Gasteiger partial charge in [-0.05, 0) is 37.5 Å². The Bertz CT molecular complexity index is 385. The molecule has 4 aliphatic carbocycles. The molecule has 0 aromatic rings.